The monoisotopic (exact) mass is 385 g/mol. The Morgan fingerprint density at radius 2 is 1.67 bits per heavy atom. The molecule has 2 fully saturated rings. The highest BCUT2D eigenvalue weighted by molar-refractivity contribution is 7.89. The molecule has 5 nitrogen and oxygen atoms in total. The molecule has 0 bridgehead atoms. The van der Waals surface area contributed by atoms with Gasteiger partial charge in [-0.15, -0.1) is 0 Å². The molecule has 0 N–H and O–H groups in total. The van der Waals surface area contributed by atoms with E-state index in [0.717, 1.165) is 31.4 Å². The molecule has 2 aromatic rings. The molecular weight excluding hydrogens is 362 g/mol. The Balaban J connectivity index is 1.46. The summed E-state index contributed by atoms with van der Waals surface area (Å²) in [6.07, 6.45) is 3.31. The number of ether oxygens (including phenoxy) is 1. The number of rotatable bonds is 6. The lowest BCUT2D eigenvalue weighted by molar-refractivity contribution is 0.0967. The zero-order valence-electron chi connectivity index (χ0n) is 15.1. The molecule has 0 aromatic heterocycles. The van der Waals surface area contributed by atoms with Gasteiger partial charge in [0.1, 0.15) is 11.9 Å². The summed E-state index contributed by atoms with van der Waals surface area (Å²) in [6.45, 7) is 0.819. The van der Waals surface area contributed by atoms with Crippen molar-refractivity contribution in [3.05, 3.63) is 60.2 Å². The van der Waals surface area contributed by atoms with Gasteiger partial charge in [-0.3, -0.25) is 4.79 Å². The highest BCUT2D eigenvalue weighted by atomic mass is 32.2. The molecule has 1 aliphatic carbocycles. The summed E-state index contributed by atoms with van der Waals surface area (Å²) < 4.78 is 33.4. The summed E-state index contributed by atoms with van der Waals surface area (Å²) in [6, 6.07) is 15.8. The lowest BCUT2D eigenvalue weighted by Crippen LogP contribution is -2.44. The lowest BCUT2D eigenvalue weighted by atomic mass is 10.1. The van der Waals surface area contributed by atoms with E-state index in [4.69, 9.17) is 4.74 Å². The van der Waals surface area contributed by atoms with Gasteiger partial charge in [0.2, 0.25) is 10.0 Å². The van der Waals surface area contributed by atoms with E-state index < -0.39 is 10.0 Å². The first-order chi connectivity index (χ1) is 13.0. The third-order valence-electron chi connectivity index (χ3n) is 5.11. The van der Waals surface area contributed by atoms with Crippen LogP contribution in [-0.4, -0.2) is 37.7 Å². The standard InChI is InChI=1S/C21H23NO4S/c23-21(16-8-9-16)17-10-12-20(13-11-17)27(24,25)22-14-4-7-19(15-22)26-18-5-2-1-3-6-18/h1-3,5-6,10-13,16,19H,4,7-9,14-15H2. The van der Waals surface area contributed by atoms with E-state index in [0.29, 0.717) is 18.7 Å². The maximum Gasteiger partial charge on any atom is 0.243 e. The zero-order chi connectivity index (χ0) is 18.9. The summed E-state index contributed by atoms with van der Waals surface area (Å²) in [5, 5.41) is 0. The third-order valence-corrected chi connectivity index (χ3v) is 6.99. The molecule has 27 heavy (non-hydrogen) atoms. The Kier molecular flexibility index (Phi) is 5.02. The Hall–Kier alpha value is -2.18. The topological polar surface area (TPSA) is 63.7 Å². The van der Waals surface area contributed by atoms with Gasteiger partial charge >= 0.3 is 0 Å². The molecule has 1 aliphatic heterocycles. The SMILES string of the molecule is O=C(c1ccc(S(=O)(=O)N2CCCC(Oc3ccccc3)C2)cc1)C1CC1. The van der Waals surface area contributed by atoms with E-state index in [9.17, 15) is 13.2 Å². The van der Waals surface area contributed by atoms with E-state index in [2.05, 4.69) is 0 Å². The van der Waals surface area contributed by atoms with Crippen molar-refractivity contribution in [2.45, 2.75) is 36.7 Å². The van der Waals surface area contributed by atoms with Crippen molar-refractivity contribution < 1.29 is 17.9 Å². The second-order valence-electron chi connectivity index (χ2n) is 7.22. The minimum Gasteiger partial charge on any atom is -0.489 e. The number of piperidine rings is 1. The summed E-state index contributed by atoms with van der Waals surface area (Å²) >= 11 is 0. The number of Topliss-reactive ketones (excluding diaryl/α,β-unsaturated/α-hetero) is 1. The molecule has 0 radical (unpaired) electrons. The van der Waals surface area contributed by atoms with Crippen molar-refractivity contribution >= 4 is 15.8 Å². The van der Waals surface area contributed by atoms with Crippen molar-refractivity contribution in [1.29, 1.82) is 0 Å². The van der Waals surface area contributed by atoms with Gasteiger partial charge in [-0.05, 0) is 49.9 Å². The second kappa shape index (κ2) is 7.44. The summed E-state index contributed by atoms with van der Waals surface area (Å²) in [4.78, 5) is 12.3. The summed E-state index contributed by atoms with van der Waals surface area (Å²) in [7, 11) is -3.59. The third kappa shape index (κ3) is 4.06. The largest absolute Gasteiger partial charge is 0.489 e. The number of carbonyl (C=O) groups excluding carboxylic acids is 1. The van der Waals surface area contributed by atoms with Crippen molar-refractivity contribution in [1.82, 2.24) is 4.31 Å². The quantitative estimate of drug-likeness (QED) is 0.714. The average Bonchev–Trinajstić information content (AvgIpc) is 3.54. The van der Waals surface area contributed by atoms with Crippen LogP contribution in [0.5, 0.6) is 5.75 Å². The van der Waals surface area contributed by atoms with Crippen LogP contribution >= 0.6 is 0 Å². The molecule has 1 saturated heterocycles. The number of sulfonamides is 1. The number of hydrogen-bond donors (Lipinski definition) is 0. The van der Waals surface area contributed by atoms with Crippen molar-refractivity contribution in [3.63, 3.8) is 0 Å². The van der Waals surface area contributed by atoms with Crippen molar-refractivity contribution in [3.8, 4) is 5.75 Å². The van der Waals surface area contributed by atoms with Crippen LogP contribution in [0.2, 0.25) is 0 Å². The van der Waals surface area contributed by atoms with Crippen LogP contribution in [-0.2, 0) is 10.0 Å². The maximum absolute atomic E-state index is 13.0. The molecule has 1 heterocycles. The lowest BCUT2D eigenvalue weighted by Gasteiger charge is -2.32. The van der Waals surface area contributed by atoms with Gasteiger partial charge in [0.25, 0.3) is 0 Å². The molecule has 0 amide bonds. The molecular formula is C21H23NO4S. The van der Waals surface area contributed by atoms with Gasteiger partial charge in [-0.2, -0.15) is 4.31 Å². The van der Waals surface area contributed by atoms with Gasteiger partial charge in [-0.25, -0.2) is 8.42 Å². The minimum atomic E-state index is -3.59. The first-order valence-electron chi connectivity index (χ1n) is 9.40. The van der Waals surface area contributed by atoms with Crippen LogP contribution in [0.15, 0.2) is 59.5 Å². The molecule has 2 aliphatic rings. The van der Waals surface area contributed by atoms with E-state index >= 15 is 0 Å². The highest BCUT2D eigenvalue weighted by Gasteiger charge is 2.33. The molecule has 142 valence electrons. The van der Waals surface area contributed by atoms with Crippen LogP contribution in [0.3, 0.4) is 0 Å². The summed E-state index contributed by atoms with van der Waals surface area (Å²) in [5.41, 5.74) is 0.598. The fourth-order valence-electron chi connectivity index (χ4n) is 3.43. The van der Waals surface area contributed by atoms with Crippen molar-refractivity contribution in [2.75, 3.05) is 13.1 Å². The van der Waals surface area contributed by atoms with Gasteiger partial charge in [0, 0.05) is 18.0 Å². The Bertz CT molecular complexity index is 905. The zero-order valence-corrected chi connectivity index (χ0v) is 15.9. The number of hydrogen-bond acceptors (Lipinski definition) is 4. The number of ketones is 1. The molecule has 6 heteroatoms. The number of nitrogens with zero attached hydrogens (tertiary/aromatic N) is 1. The number of benzene rings is 2. The normalized spacial score (nSPS) is 21.0. The number of para-hydroxylation sites is 1. The van der Waals surface area contributed by atoms with Gasteiger partial charge in [-0.1, -0.05) is 30.3 Å². The van der Waals surface area contributed by atoms with Gasteiger partial charge in [0.15, 0.2) is 5.78 Å². The predicted molar refractivity (Wildman–Crippen MR) is 102 cm³/mol. The Morgan fingerprint density at radius 1 is 0.963 bits per heavy atom. The fraction of sp³-hybridized carbons (Fsp3) is 0.381. The highest BCUT2D eigenvalue weighted by Crippen LogP contribution is 2.33. The molecule has 2 aromatic carbocycles. The Labute approximate surface area is 160 Å². The number of carbonyl (C=O) groups is 1. The van der Waals surface area contributed by atoms with Crippen LogP contribution < -0.4 is 4.74 Å². The Morgan fingerprint density at radius 3 is 2.33 bits per heavy atom. The van der Waals surface area contributed by atoms with Crippen LogP contribution in [0.25, 0.3) is 0 Å². The van der Waals surface area contributed by atoms with Crippen LogP contribution in [0, 0.1) is 5.92 Å². The van der Waals surface area contributed by atoms with Crippen LogP contribution in [0.4, 0.5) is 0 Å². The van der Waals surface area contributed by atoms with Gasteiger partial charge < -0.3 is 4.74 Å². The van der Waals surface area contributed by atoms with E-state index in [1.165, 1.54) is 4.31 Å². The van der Waals surface area contributed by atoms with Crippen LogP contribution in [0.1, 0.15) is 36.0 Å². The minimum absolute atomic E-state index is 0.119. The van der Waals surface area contributed by atoms with Crippen molar-refractivity contribution in [2.24, 2.45) is 5.92 Å². The smallest absolute Gasteiger partial charge is 0.243 e. The average molecular weight is 385 g/mol. The van der Waals surface area contributed by atoms with Gasteiger partial charge in [0.05, 0.1) is 11.4 Å². The second-order valence-corrected chi connectivity index (χ2v) is 9.16. The molecule has 1 atom stereocenters. The molecule has 0 spiro atoms. The van der Waals surface area contributed by atoms with E-state index in [1.807, 2.05) is 30.3 Å². The first kappa shape index (κ1) is 18.2. The van der Waals surface area contributed by atoms with E-state index in [-0.39, 0.29) is 22.7 Å². The molecule has 1 unspecified atom stereocenters. The molecule has 4 rings (SSSR count). The fourth-order valence-corrected chi connectivity index (χ4v) is 4.94. The molecule has 1 saturated carbocycles. The maximum atomic E-state index is 13.0. The van der Waals surface area contributed by atoms with E-state index in [1.54, 1.807) is 24.3 Å². The first-order valence-corrected chi connectivity index (χ1v) is 10.8. The summed E-state index contributed by atoms with van der Waals surface area (Å²) in [5.74, 6) is 1.00. The predicted octanol–water partition coefficient (Wildman–Crippen LogP) is 3.51.